The molecular formula is C35H52N2O8. The molecule has 10 heteroatoms. The van der Waals surface area contributed by atoms with Crippen LogP contribution in [-0.2, 0) is 25.5 Å². The molecule has 1 aliphatic rings. The maximum atomic E-state index is 12.4. The van der Waals surface area contributed by atoms with Crippen LogP contribution in [0.25, 0.3) is 11.1 Å². The van der Waals surface area contributed by atoms with E-state index >= 15 is 0 Å². The molecule has 0 bridgehead atoms. The number of carbonyl (C=O) groups is 2. The normalized spacial score (nSPS) is 20.1. The third-order valence-corrected chi connectivity index (χ3v) is 8.59. The Morgan fingerprint density at radius 3 is 2.40 bits per heavy atom. The molecular weight excluding hydrogens is 576 g/mol. The Bertz CT molecular complexity index is 1240. The van der Waals surface area contributed by atoms with Gasteiger partial charge in [0.25, 0.3) is 0 Å². The minimum atomic E-state index is -0.556. The number of benzene rings is 1. The molecule has 0 saturated heterocycles. The third kappa shape index (κ3) is 11.8. The molecule has 1 aliphatic carbocycles. The lowest BCUT2D eigenvalue weighted by Crippen LogP contribution is -2.36. The minimum absolute atomic E-state index is 0.0166. The van der Waals surface area contributed by atoms with Crippen molar-refractivity contribution in [1.82, 2.24) is 4.98 Å². The largest absolute Gasteiger partial charge is 0.504 e. The van der Waals surface area contributed by atoms with Crippen LogP contribution in [0.5, 0.6) is 11.5 Å². The van der Waals surface area contributed by atoms with Crippen LogP contribution in [0.1, 0.15) is 84.6 Å². The van der Waals surface area contributed by atoms with Crippen LogP contribution < -0.4 is 10.5 Å². The van der Waals surface area contributed by atoms with Crippen molar-refractivity contribution in [3.8, 4) is 22.6 Å². The first kappa shape index (κ1) is 36.1. The number of phenolic OH excluding ortho intramolecular Hbond substituents is 1. The molecule has 0 radical (unpaired) electrons. The average molecular weight is 629 g/mol. The first-order valence-electron chi connectivity index (χ1n) is 16.3. The molecule has 1 aromatic heterocycles. The average Bonchev–Trinajstić information content (AvgIpc) is 2.95. The molecule has 1 saturated carbocycles. The van der Waals surface area contributed by atoms with Gasteiger partial charge in [-0.25, -0.2) is 4.98 Å². The van der Waals surface area contributed by atoms with E-state index in [1.54, 1.807) is 30.5 Å². The van der Waals surface area contributed by atoms with Gasteiger partial charge in [-0.05, 0) is 103 Å². The van der Waals surface area contributed by atoms with Gasteiger partial charge in [0.05, 0.1) is 6.61 Å². The number of aliphatic hydroxyl groups excluding tert-OH is 2. The number of rotatable bonds is 15. The Morgan fingerprint density at radius 1 is 1.04 bits per heavy atom. The molecule has 1 heterocycles. The SMILES string of the molecule is CC(=O)O[C@H](CCc1cc(OCCO)c(O)cc1-c1ccnc(N)c1)C[C@@H](OC(C)=O)[C@H]1C[C@@H](CO)CCC[C@@H](CC(C)C)C1. The number of nitrogens with two attached hydrogens (primary N) is 1. The number of nitrogen functional groups attached to an aromatic ring is 1. The fraction of sp³-hybridized carbons (Fsp3) is 0.629. The van der Waals surface area contributed by atoms with Gasteiger partial charge >= 0.3 is 11.9 Å². The van der Waals surface area contributed by atoms with Gasteiger partial charge in [-0.2, -0.15) is 0 Å². The number of esters is 2. The van der Waals surface area contributed by atoms with Crippen molar-refractivity contribution in [2.24, 2.45) is 23.7 Å². The lowest BCUT2D eigenvalue weighted by Gasteiger charge is -2.36. The van der Waals surface area contributed by atoms with Crippen LogP contribution in [0.2, 0.25) is 0 Å². The number of carbonyl (C=O) groups excluding carboxylic acids is 2. The van der Waals surface area contributed by atoms with E-state index < -0.39 is 18.2 Å². The van der Waals surface area contributed by atoms with Gasteiger partial charge in [0.1, 0.15) is 24.6 Å². The Hall–Kier alpha value is -3.37. The number of aryl methyl sites for hydroxylation is 1. The highest BCUT2D eigenvalue weighted by molar-refractivity contribution is 5.72. The van der Waals surface area contributed by atoms with E-state index in [0.717, 1.165) is 55.2 Å². The number of hydrogen-bond donors (Lipinski definition) is 4. The zero-order valence-corrected chi connectivity index (χ0v) is 27.2. The topological polar surface area (TPSA) is 161 Å². The van der Waals surface area contributed by atoms with E-state index in [1.807, 2.05) is 0 Å². The predicted molar refractivity (Wildman–Crippen MR) is 172 cm³/mol. The summed E-state index contributed by atoms with van der Waals surface area (Å²) in [5.74, 6) is 0.861. The molecule has 1 fully saturated rings. The van der Waals surface area contributed by atoms with Gasteiger partial charge in [-0.1, -0.05) is 26.7 Å². The zero-order valence-electron chi connectivity index (χ0n) is 27.2. The molecule has 1 aromatic carbocycles. The van der Waals surface area contributed by atoms with E-state index in [4.69, 9.17) is 19.9 Å². The number of phenols is 1. The van der Waals surface area contributed by atoms with Crippen molar-refractivity contribution in [3.05, 3.63) is 36.0 Å². The maximum absolute atomic E-state index is 12.4. The summed E-state index contributed by atoms with van der Waals surface area (Å²) in [6.45, 7) is 7.13. The van der Waals surface area contributed by atoms with Gasteiger partial charge in [0, 0.05) is 33.1 Å². The molecule has 5 atom stereocenters. The molecule has 5 N–H and O–H groups in total. The fourth-order valence-electron chi connectivity index (χ4n) is 6.79. The standard InChI is InChI=1S/C35H52N2O8/c1-22(2)14-25-6-5-7-26(21-39)16-29(15-25)33(45-24(4)41)19-30(44-23(3)40)9-8-27-17-34(43-13-12-38)32(42)20-31(27)28-10-11-37-35(36)18-28/h10-11,17-18,20,22,25-26,29-30,33,38-39,42H,5-9,12-16,19,21H2,1-4H3,(H2,36,37)/t25-,26-,29+,30+,33+/m0/s1. The predicted octanol–water partition coefficient (Wildman–Crippen LogP) is 5.44. The van der Waals surface area contributed by atoms with Crippen molar-refractivity contribution in [1.29, 1.82) is 0 Å². The number of aliphatic hydroxyl groups is 2. The Morgan fingerprint density at radius 2 is 1.76 bits per heavy atom. The van der Waals surface area contributed by atoms with Gasteiger partial charge in [0.15, 0.2) is 11.5 Å². The second-order valence-corrected chi connectivity index (χ2v) is 12.9. The van der Waals surface area contributed by atoms with Crippen molar-refractivity contribution < 1.29 is 39.1 Å². The molecule has 0 amide bonds. The Kier molecular flexibility index (Phi) is 14.4. The quantitative estimate of drug-likeness (QED) is 0.187. The molecule has 2 aromatic rings. The van der Waals surface area contributed by atoms with Crippen molar-refractivity contribution in [2.75, 3.05) is 25.6 Å². The van der Waals surface area contributed by atoms with Crippen LogP contribution in [-0.4, -0.2) is 64.3 Å². The van der Waals surface area contributed by atoms with E-state index in [1.165, 1.54) is 13.8 Å². The van der Waals surface area contributed by atoms with Crippen LogP contribution in [0.15, 0.2) is 30.5 Å². The number of nitrogens with zero attached hydrogens (tertiary/aromatic N) is 1. The summed E-state index contributed by atoms with van der Waals surface area (Å²) in [4.78, 5) is 28.8. The van der Waals surface area contributed by atoms with Gasteiger partial charge < -0.3 is 35.3 Å². The monoisotopic (exact) mass is 628 g/mol. The first-order chi connectivity index (χ1) is 21.5. The number of hydrogen-bond acceptors (Lipinski definition) is 10. The van der Waals surface area contributed by atoms with Gasteiger partial charge in [-0.3, -0.25) is 9.59 Å². The molecule has 10 nitrogen and oxygen atoms in total. The van der Waals surface area contributed by atoms with E-state index in [-0.39, 0.29) is 49.1 Å². The summed E-state index contributed by atoms with van der Waals surface area (Å²) in [6.07, 6.45) is 7.56. The van der Waals surface area contributed by atoms with Crippen LogP contribution in [0.4, 0.5) is 5.82 Å². The highest BCUT2D eigenvalue weighted by Gasteiger charge is 2.34. The van der Waals surface area contributed by atoms with Crippen LogP contribution >= 0.6 is 0 Å². The summed E-state index contributed by atoms with van der Waals surface area (Å²) < 4.78 is 17.4. The van der Waals surface area contributed by atoms with Crippen molar-refractivity contribution >= 4 is 17.8 Å². The Labute approximate surface area is 267 Å². The zero-order chi connectivity index (χ0) is 32.9. The maximum Gasteiger partial charge on any atom is 0.302 e. The molecule has 0 spiro atoms. The number of ether oxygens (including phenoxy) is 3. The highest BCUT2D eigenvalue weighted by atomic mass is 16.6. The number of aromatic hydroxyl groups is 1. The van der Waals surface area contributed by atoms with E-state index in [2.05, 4.69) is 18.8 Å². The summed E-state index contributed by atoms with van der Waals surface area (Å²) in [6, 6.07) is 6.83. The molecule has 0 aliphatic heterocycles. The summed E-state index contributed by atoms with van der Waals surface area (Å²) in [5, 5.41) is 30.1. The highest BCUT2D eigenvalue weighted by Crippen LogP contribution is 2.39. The minimum Gasteiger partial charge on any atom is -0.504 e. The smallest absolute Gasteiger partial charge is 0.302 e. The fourth-order valence-corrected chi connectivity index (χ4v) is 6.79. The molecule has 3 rings (SSSR count). The van der Waals surface area contributed by atoms with Crippen LogP contribution in [0, 0.1) is 23.7 Å². The molecule has 45 heavy (non-hydrogen) atoms. The second kappa shape index (κ2) is 17.9. The molecule has 250 valence electrons. The number of pyridine rings is 1. The van der Waals surface area contributed by atoms with Gasteiger partial charge in [0.2, 0.25) is 0 Å². The lowest BCUT2D eigenvalue weighted by molar-refractivity contribution is -0.156. The first-order valence-corrected chi connectivity index (χ1v) is 16.3. The summed E-state index contributed by atoms with van der Waals surface area (Å²) in [7, 11) is 0. The number of anilines is 1. The lowest BCUT2D eigenvalue weighted by atomic mass is 9.74. The summed E-state index contributed by atoms with van der Waals surface area (Å²) >= 11 is 0. The van der Waals surface area contributed by atoms with E-state index in [9.17, 15) is 24.9 Å². The van der Waals surface area contributed by atoms with Gasteiger partial charge in [-0.15, -0.1) is 0 Å². The Balaban J connectivity index is 1.92. The van der Waals surface area contributed by atoms with Crippen LogP contribution in [0.3, 0.4) is 0 Å². The number of aromatic nitrogens is 1. The summed E-state index contributed by atoms with van der Waals surface area (Å²) in [5.41, 5.74) is 8.25. The van der Waals surface area contributed by atoms with Crippen molar-refractivity contribution in [2.45, 2.75) is 97.7 Å². The van der Waals surface area contributed by atoms with Crippen molar-refractivity contribution in [3.63, 3.8) is 0 Å². The third-order valence-electron chi connectivity index (χ3n) is 8.59. The molecule has 0 unspecified atom stereocenters. The second-order valence-electron chi connectivity index (χ2n) is 12.9. The van der Waals surface area contributed by atoms with E-state index in [0.29, 0.717) is 36.9 Å².